The first-order chi connectivity index (χ1) is 18.0. The average Bonchev–Trinajstić information content (AvgIpc) is 2.94. The maximum absolute atomic E-state index is 13.3. The number of rotatable bonds is 6. The van der Waals surface area contributed by atoms with Crippen LogP contribution in [0.2, 0.25) is 0 Å². The van der Waals surface area contributed by atoms with Crippen molar-refractivity contribution in [3.8, 4) is 5.75 Å². The zero-order valence-corrected chi connectivity index (χ0v) is 21.6. The van der Waals surface area contributed by atoms with Crippen molar-refractivity contribution in [2.45, 2.75) is 19.4 Å². The number of anilines is 2. The standard InChI is InChI=1S/C30H34N4O3/c1-32-16-18-33(19-17-32)27-12-13-28(37-2)25-14-15-34(21-26(25)27)29(35)20-22-8-10-24(11-9-22)31-30(36)23-6-4-3-5-7-23/h3-13H,14-21H2,1-2H3,(H,31,36). The summed E-state index contributed by atoms with van der Waals surface area (Å²) < 4.78 is 5.67. The van der Waals surface area contributed by atoms with E-state index in [-0.39, 0.29) is 11.8 Å². The summed E-state index contributed by atoms with van der Waals surface area (Å²) in [7, 11) is 3.87. The number of piperazine rings is 1. The molecule has 5 rings (SSSR count). The molecular formula is C30H34N4O3. The smallest absolute Gasteiger partial charge is 0.255 e. The van der Waals surface area contributed by atoms with Crippen molar-refractivity contribution < 1.29 is 14.3 Å². The minimum Gasteiger partial charge on any atom is -0.496 e. The van der Waals surface area contributed by atoms with Gasteiger partial charge in [0.15, 0.2) is 0 Å². The average molecular weight is 499 g/mol. The highest BCUT2D eigenvalue weighted by atomic mass is 16.5. The third kappa shape index (κ3) is 5.62. The molecule has 0 unspecified atom stereocenters. The monoisotopic (exact) mass is 498 g/mol. The minimum absolute atomic E-state index is 0.110. The molecular weight excluding hydrogens is 464 g/mol. The molecule has 0 saturated carbocycles. The number of hydrogen-bond donors (Lipinski definition) is 1. The molecule has 7 heteroatoms. The Labute approximate surface area is 218 Å². The number of hydrogen-bond acceptors (Lipinski definition) is 5. The molecule has 192 valence electrons. The Morgan fingerprint density at radius 1 is 0.865 bits per heavy atom. The van der Waals surface area contributed by atoms with Crippen LogP contribution in [0.25, 0.3) is 0 Å². The van der Waals surface area contributed by atoms with Crippen LogP contribution in [0.15, 0.2) is 66.7 Å². The van der Waals surface area contributed by atoms with E-state index in [9.17, 15) is 9.59 Å². The molecule has 0 spiro atoms. The van der Waals surface area contributed by atoms with Crippen molar-refractivity contribution in [3.05, 3.63) is 89.0 Å². The predicted octanol–water partition coefficient (Wildman–Crippen LogP) is 3.83. The van der Waals surface area contributed by atoms with Crippen LogP contribution in [-0.2, 0) is 24.2 Å². The Morgan fingerprint density at radius 3 is 2.30 bits per heavy atom. The topological polar surface area (TPSA) is 65.1 Å². The van der Waals surface area contributed by atoms with Gasteiger partial charge in [0.1, 0.15) is 5.75 Å². The molecule has 0 radical (unpaired) electrons. The van der Waals surface area contributed by atoms with E-state index in [2.05, 4.69) is 34.3 Å². The van der Waals surface area contributed by atoms with Crippen molar-refractivity contribution in [2.75, 3.05) is 57.1 Å². The SMILES string of the molecule is COc1ccc(N2CCN(C)CC2)c2c1CCN(C(=O)Cc1ccc(NC(=O)c3ccccc3)cc1)C2. The van der Waals surface area contributed by atoms with Gasteiger partial charge in [0, 0.05) is 67.3 Å². The molecule has 2 heterocycles. The molecule has 1 saturated heterocycles. The van der Waals surface area contributed by atoms with Crippen molar-refractivity contribution >= 4 is 23.2 Å². The zero-order valence-electron chi connectivity index (χ0n) is 21.6. The molecule has 0 aromatic heterocycles. The molecule has 2 amide bonds. The second kappa shape index (κ2) is 11.0. The molecule has 1 fully saturated rings. The highest BCUT2D eigenvalue weighted by Gasteiger charge is 2.28. The fourth-order valence-corrected chi connectivity index (χ4v) is 5.16. The first kappa shape index (κ1) is 24.8. The van der Waals surface area contributed by atoms with E-state index in [1.54, 1.807) is 19.2 Å². The van der Waals surface area contributed by atoms with Gasteiger partial charge in [0.05, 0.1) is 13.5 Å². The number of carbonyl (C=O) groups excluding carboxylic acids is 2. The number of likely N-dealkylation sites (N-methyl/N-ethyl adjacent to an activating group) is 1. The largest absolute Gasteiger partial charge is 0.496 e. The number of nitrogens with one attached hydrogen (secondary N) is 1. The lowest BCUT2D eigenvalue weighted by Crippen LogP contribution is -2.45. The fraction of sp³-hybridized carbons (Fsp3) is 0.333. The number of fused-ring (bicyclic) bond motifs is 1. The van der Waals surface area contributed by atoms with Crippen molar-refractivity contribution in [1.29, 1.82) is 0 Å². The third-order valence-corrected chi connectivity index (χ3v) is 7.36. The summed E-state index contributed by atoms with van der Waals surface area (Å²) in [5, 5.41) is 2.91. The number of benzene rings is 3. The lowest BCUT2D eigenvalue weighted by atomic mass is 9.95. The van der Waals surface area contributed by atoms with Gasteiger partial charge in [-0.15, -0.1) is 0 Å². The number of amides is 2. The zero-order chi connectivity index (χ0) is 25.8. The van der Waals surface area contributed by atoms with Gasteiger partial charge < -0.3 is 24.8 Å². The van der Waals surface area contributed by atoms with E-state index in [0.29, 0.717) is 30.8 Å². The Hall–Kier alpha value is -3.84. The summed E-state index contributed by atoms with van der Waals surface area (Å²) >= 11 is 0. The highest BCUT2D eigenvalue weighted by Crippen LogP contribution is 2.36. The van der Waals surface area contributed by atoms with Crippen LogP contribution in [0.5, 0.6) is 5.75 Å². The van der Waals surface area contributed by atoms with E-state index in [1.165, 1.54) is 16.8 Å². The Bertz CT molecular complexity index is 1250. The van der Waals surface area contributed by atoms with Gasteiger partial charge in [-0.3, -0.25) is 9.59 Å². The van der Waals surface area contributed by atoms with E-state index >= 15 is 0 Å². The first-order valence-electron chi connectivity index (χ1n) is 12.9. The first-order valence-corrected chi connectivity index (χ1v) is 12.9. The van der Waals surface area contributed by atoms with E-state index in [4.69, 9.17) is 4.74 Å². The summed E-state index contributed by atoms with van der Waals surface area (Å²) in [5.74, 6) is 0.870. The summed E-state index contributed by atoms with van der Waals surface area (Å²) in [6.45, 7) is 5.31. The molecule has 7 nitrogen and oxygen atoms in total. The maximum atomic E-state index is 13.3. The van der Waals surface area contributed by atoms with Gasteiger partial charge >= 0.3 is 0 Å². The summed E-state index contributed by atoms with van der Waals surface area (Å²) in [6.07, 6.45) is 1.12. The number of ether oxygens (including phenoxy) is 1. The Balaban J connectivity index is 1.26. The molecule has 0 atom stereocenters. The molecule has 2 aliphatic heterocycles. The van der Waals surface area contributed by atoms with Crippen LogP contribution in [-0.4, -0.2) is 68.5 Å². The second-order valence-electron chi connectivity index (χ2n) is 9.79. The van der Waals surface area contributed by atoms with E-state index < -0.39 is 0 Å². The van der Waals surface area contributed by atoms with Crippen LogP contribution >= 0.6 is 0 Å². The Kier molecular flexibility index (Phi) is 7.42. The molecule has 3 aromatic carbocycles. The molecule has 0 aliphatic carbocycles. The van der Waals surface area contributed by atoms with Gasteiger partial charge in [-0.2, -0.15) is 0 Å². The lowest BCUT2D eigenvalue weighted by Gasteiger charge is -2.38. The lowest BCUT2D eigenvalue weighted by molar-refractivity contribution is -0.131. The van der Waals surface area contributed by atoms with Crippen molar-refractivity contribution in [1.82, 2.24) is 9.80 Å². The van der Waals surface area contributed by atoms with Gasteiger partial charge in [-0.1, -0.05) is 30.3 Å². The van der Waals surface area contributed by atoms with Crippen LogP contribution in [0, 0.1) is 0 Å². The summed E-state index contributed by atoms with van der Waals surface area (Å²) in [6, 6.07) is 20.9. The quantitative estimate of drug-likeness (QED) is 0.560. The molecule has 2 aliphatic rings. The minimum atomic E-state index is -0.150. The predicted molar refractivity (Wildman–Crippen MR) is 146 cm³/mol. The highest BCUT2D eigenvalue weighted by molar-refractivity contribution is 6.04. The molecule has 3 aromatic rings. The van der Waals surface area contributed by atoms with Crippen LogP contribution in [0.4, 0.5) is 11.4 Å². The van der Waals surface area contributed by atoms with Gasteiger partial charge in [-0.25, -0.2) is 0 Å². The fourth-order valence-electron chi connectivity index (χ4n) is 5.16. The van der Waals surface area contributed by atoms with Crippen LogP contribution in [0.1, 0.15) is 27.0 Å². The number of nitrogens with zero attached hydrogens (tertiary/aromatic N) is 3. The maximum Gasteiger partial charge on any atom is 0.255 e. The van der Waals surface area contributed by atoms with E-state index in [0.717, 1.165) is 43.9 Å². The van der Waals surface area contributed by atoms with Crippen molar-refractivity contribution in [2.24, 2.45) is 0 Å². The molecule has 0 bridgehead atoms. The molecule has 1 N–H and O–H groups in total. The molecule has 37 heavy (non-hydrogen) atoms. The Morgan fingerprint density at radius 2 is 1.59 bits per heavy atom. The second-order valence-corrected chi connectivity index (χ2v) is 9.79. The van der Waals surface area contributed by atoms with Gasteiger partial charge in [0.2, 0.25) is 5.91 Å². The number of methoxy groups -OCH3 is 1. The summed E-state index contributed by atoms with van der Waals surface area (Å²) in [5.41, 5.74) is 5.91. The van der Waals surface area contributed by atoms with Crippen LogP contribution in [0.3, 0.4) is 0 Å². The van der Waals surface area contributed by atoms with Gasteiger partial charge in [-0.05, 0) is 55.4 Å². The van der Waals surface area contributed by atoms with Crippen molar-refractivity contribution in [3.63, 3.8) is 0 Å². The van der Waals surface area contributed by atoms with E-state index in [1.807, 2.05) is 47.4 Å². The third-order valence-electron chi connectivity index (χ3n) is 7.36. The summed E-state index contributed by atoms with van der Waals surface area (Å²) in [4.78, 5) is 32.5. The van der Waals surface area contributed by atoms with Gasteiger partial charge in [0.25, 0.3) is 5.91 Å². The number of carbonyl (C=O) groups is 2. The van der Waals surface area contributed by atoms with Crippen LogP contribution < -0.4 is 15.0 Å². The normalized spacial score (nSPS) is 15.7.